The Kier molecular flexibility index (Phi) is 8.93. The van der Waals surface area contributed by atoms with Crippen molar-refractivity contribution in [1.82, 2.24) is 0 Å². The molecule has 2 unspecified atom stereocenters. The topological polar surface area (TPSA) is 40.5 Å². The first-order chi connectivity index (χ1) is 22.7. The highest BCUT2D eigenvalue weighted by atomic mass is 79.9. The molecule has 0 saturated heterocycles. The van der Waals surface area contributed by atoms with Crippen molar-refractivity contribution in [2.75, 3.05) is 0 Å². The number of thiophene rings is 4. The highest BCUT2D eigenvalue weighted by molar-refractivity contribution is 9.11. The summed E-state index contributed by atoms with van der Waals surface area (Å²) >= 11 is 12.5. The van der Waals surface area contributed by atoms with Crippen LogP contribution in [0.1, 0.15) is 42.8 Å². The Morgan fingerprint density at radius 2 is 0.854 bits per heavy atom. The van der Waals surface area contributed by atoms with Crippen molar-refractivity contribution in [3.63, 3.8) is 0 Å². The Morgan fingerprint density at radius 1 is 0.500 bits per heavy atom. The predicted molar refractivity (Wildman–Crippen MR) is 190 cm³/mol. The van der Waals surface area contributed by atoms with Gasteiger partial charge in [-0.2, -0.15) is 26.3 Å². The molecule has 0 aliphatic carbocycles. The van der Waals surface area contributed by atoms with Gasteiger partial charge in [0.25, 0.3) is 0 Å². The summed E-state index contributed by atoms with van der Waals surface area (Å²) in [6.07, 6.45) is -10.7. The van der Waals surface area contributed by atoms with E-state index in [1.807, 2.05) is 24.3 Å². The lowest BCUT2D eigenvalue weighted by atomic mass is 10.1. The SMILES string of the molecule is OC(c1cc2cc3sc(C(O)c4sc(-c5ccc(C(F)(F)F)cc5)cc4Br)cc3cc2s1)c1sc(-c2ccc(C(F)(F)F)cc2)cc1Br. The third-order valence-electron chi connectivity index (χ3n) is 7.65. The van der Waals surface area contributed by atoms with Gasteiger partial charge in [-0.05, 0) is 114 Å². The van der Waals surface area contributed by atoms with Gasteiger partial charge in [0.1, 0.15) is 12.2 Å². The molecule has 0 spiro atoms. The van der Waals surface area contributed by atoms with E-state index in [9.17, 15) is 36.6 Å². The molecular formula is C34H18Br2F6O2S4. The molecule has 2 N–H and O–H groups in total. The van der Waals surface area contributed by atoms with Gasteiger partial charge in [-0.25, -0.2) is 0 Å². The van der Waals surface area contributed by atoms with E-state index in [0.717, 1.165) is 54.2 Å². The van der Waals surface area contributed by atoms with Crippen LogP contribution in [0.15, 0.2) is 93.9 Å². The fourth-order valence-electron chi connectivity index (χ4n) is 5.21. The maximum absolute atomic E-state index is 13.0. The van der Waals surface area contributed by atoms with Crippen LogP contribution in [0.25, 0.3) is 41.1 Å². The van der Waals surface area contributed by atoms with Gasteiger partial charge in [0.15, 0.2) is 0 Å². The molecule has 4 aromatic heterocycles. The van der Waals surface area contributed by atoms with E-state index in [1.165, 1.54) is 69.6 Å². The Labute approximate surface area is 301 Å². The van der Waals surface area contributed by atoms with Gasteiger partial charge < -0.3 is 10.2 Å². The first-order valence-corrected chi connectivity index (χ1v) is 18.8. The molecule has 0 radical (unpaired) electrons. The molecule has 48 heavy (non-hydrogen) atoms. The number of hydrogen-bond donors (Lipinski definition) is 2. The molecule has 2 atom stereocenters. The summed E-state index contributed by atoms with van der Waals surface area (Å²) in [5.41, 5.74) is -0.211. The van der Waals surface area contributed by atoms with Crippen LogP contribution in [0.2, 0.25) is 0 Å². The quantitative estimate of drug-likeness (QED) is 0.164. The Bertz CT molecular complexity index is 2070. The van der Waals surface area contributed by atoms with Crippen molar-refractivity contribution >= 4 is 97.4 Å². The smallest absolute Gasteiger partial charge is 0.382 e. The Morgan fingerprint density at radius 3 is 1.19 bits per heavy atom. The summed E-state index contributed by atoms with van der Waals surface area (Å²) in [6.45, 7) is 0. The minimum atomic E-state index is -4.42. The van der Waals surface area contributed by atoms with Crippen LogP contribution in [0, 0.1) is 0 Å². The summed E-state index contributed by atoms with van der Waals surface area (Å²) in [7, 11) is 0. The van der Waals surface area contributed by atoms with Crippen LogP contribution < -0.4 is 0 Å². The highest BCUT2D eigenvalue weighted by Gasteiger charge is 2.31. The lowest BCUT2D eigenvalue weighted by molar-refractivity contribution is -0.138. The number of alkyl halides is 6. The van der Waals surface area contributed by atoms with Crippen molar-refractivity contribution in [3.05, 3.63) is 125 Å². The number of halogens is 8. The van der Waals surface area contributed by atoms with Crippen LogP contribution in [-0.4, -0.2) is 10.2 Å². The molecule has 246 valence electrons. The number of benzene rings is 3. The predicted octanol–water partition coefficient (Wildman–Crippen LogP) is 13.3. The normalized spacial score (nSPS) is 13.9. The van der Waals surface area contributed by atoms with Crippen LogP contribution in [0.4, 0.5) is 26.3 Å². The van der Waals surface area contributed by atoms with Crippen molar-refractivity contribution in [3.8, 4) is 20.9 Å². The zero-order valence-electron chi connectivity index (χ0n) is 23.8. The summed E-state index contributed by atoms with van der Waals surface area (Å²) in [5.74, 6) is 0. The number of rotatable bonds is 6. The van der Waals surface area contributed by atoms with Crippen molar-refractivity contribution < 1.29 is 36.6 Å². The number of aliphatic hydroxyl groups excluding tert-OH is 2. The second-order valence-electron chi connectivity index (χ2n) is 10.8. The zero-order chi connectivity index (χ0) is 34.1. The second-order valence-corrected chi connectivity index (χ2v) is 16.9. The minimum Gasteiger partial charge on any atom is -0.382 e. The fourth-order valence-corrected chi connectivity index (χ4v) is 11.3. The van der Waals surface area contributed by atoms with E-state index in [1.54, 1.807) is 12.1 Å². The molecule has 3 aromatic carbocycles. The van der Waals surface area contributed by atoms with Gasteiger partial charge in [0.05, 0.1) is 20.9 Å². The molecule has 14 heteroatoms. The Balaban J connectivity index is 1.12. The molecule has 2 nitrogen and oxygen atoms in total. The first-order valence-electron chi connectivity index (χ1n) is 13.9. The Hall–Kier alpha value is -2.56. The van der Waals surface area contributed by atoms with Crippen LogP contribution in [0.3, 0.4) is 0 Å². The molecule has 0 bridgehead atoms. The maximum atomic E-state index is 13.0. The van der Waals surface area contributed by atoms with E-state index in [4.69, 9.17) is 0 Å². The second kappa shape index (κ2) is 12.6. The summed E-state index contributed by atoms with van der Waals surface area (Å²) < 4.78 is 81.2. The van der Waals surface area contributed by atoms with E-state index < -0.39 is 35.7 Å². The third-order valence-corrected chi connectivity index (χ3v) is 14.3. The molecule has 0 fully saturated rings. The van der Waals surface area contributed by atoms with Gasteiger partial charge in [0.2, 0.25) is 0 Å². The standard InChI is InChI=1S/C34H18Br2F6O2S4/c35-21-13-25(15-1-5-19(6-2-15)33(37,38)39)47-31(21)29(43)27-11-17-9-24-18(10-23(17)45-27)12-28(46-24)30(44)32-22(36)14-26(48-32)16-3-7-20(8-4-16)34(40,41)42/h1-14,29-30,43-44H. The van der Waals surface area contributed by atoms with Gasteiger partial charge in [-0.3, -0.25) is 0 Å². The van der Waals surface area contributed by atoms with Gasteiger partial charge in [0, 0.05) is 37.9 Å². The summed E-state index contributed by atoms with van der Waals surface area (Å²) in [6, 6.07) is 21.3. The van der Waals surface area contributed by atoms with Gasteiger partial charge in [-0.15, -0.1) is 45.3 Å². The van der Waals surface area contributed by atoms with Crippen molar-refractivity contribution in [2.45, 2.75) is 24.6 Å². The van der Waals surface area contributed by atoms with Gasteiger partial charge in [-0.1, -0.05) is 24.3 Å². The zero-order valence-corrected chi connectivity index (χ0v) is 30.2. The fraction of sp³-hybridized carbons (Fsp3) is 0.118. The van der Waals surface area contributed by atoms with E-state index >= 15 is 0 Å². The highest BCUT2D eigenvalue weighted by Crippen LogP contribution is 2.46. The average Bonchev–Trinajstić information content (AvgIpc) is 3.83. The van der Waals surface area contributed by atoms with Crippen LogP contribution >= 0.6 is 77.2 Å². The lowest BCUT2D eigenvalue weighted by Crippen LogP contribution is -2.03. The van der Waals surface area contributed by atoms with Crippen molar-refractivity contribution in [1.29, 1.82) is 0 Å². The molecule has 7 rings (SSSR count). The van der Waals surface area contributed by atoms with Crippen LogP contribution in [0.5, 0.6) is 0 Å². The third kappa shape index (κ3) is 6.53. The molecule has 7 aromatic rings. The maximum Gasteiger partial charge on any atom is 0.416 e. The van der Waals surface area contributed by atoms with Gasteiger partial charge >= 0.3 is 12.4 Å². The number of hydrogen-bond acceptors (Lipinski definition) is 6. The van der Waals surface area contributed by atoms with Crippen LogP contribution in [-0.2, 0) is 12.4 Å². The number of aliphatic hydroxyl groups is 2. The van der Waals surface area contributed by atoms with E-state index in [0.29, 0.717) is 39.6 Å². The average molecular weight is 861 g/mol. The monoisotopic (exact) mass is 858 g/mol. The summed E-state index contributed by atoms with van der Waals surface area (Å²) in [5, 5.41) is 24.5. The summed E-state index contributed by atoms with van der Waals surface area (Å²) in [4.78, 5) is 4.15. The lowest BCUT2D eigenvalue weighted by Gasteiger charge is -2.07. The molecule has 0 aliphatic rings. The molecule has 0 aliphatic heterocycles. The molecule has 0 amide bonds. The number of fused-ring (bicyclic) bond motifs is 2. The van der Waals surface area contributed by atoms with E-state index in [-0.39, 0.29) is 0 Å². The van der Waals surface area contributed by atoms with E-state index in [2.05, 4.69) is 31.9 Å². The minimum absolute atomic E-state index is 0.618. The first kappa shape index (κ1) is 33.9. The molecule has 0 saturated carbocycles. The molecular weight excluding hydrogens is 842 g/mol. The van der Waals surface area contributed by atoms with Crippen molar-refractivity contribution in [2.24, 2.45) is 0 Å². The largest absolute Gasteiger partial charge is 0.416 e. The molecule has 4 heterocycles.